The Hall–Kier alpha value is -3.05. The van der Waals surface area contributed by atoms with Crippen molar-refractivity contribution in [2.24, 2.45) is 11.5 Å². The SMILES string of the molecule is CSCC[C@H](NC(=O)CNC(=O)[C@H](CCSC)NC(=O)[C@H](CCC(N)=O)NC(=O)[C@@H](N)CC(=O)O)C(=O)O. The molecule has 17 heteroatoms. The molecule has 10 N–H and O–H groups in total. The predicted molar refractivity (Wildman–Crippen MR) is 141 cm³/mol. The van der Waals surface area contributed by atoms with Crippen LogP contribution in [-0.2, 0) is 33.6 Å². The largest absolute Gasteiger partial charge is 0.481 e. The average Bonchev–Trinajstić information content (AvgIpc) is 2.84. The summed E-state index contributed by atoms with van der Waals surface area (Å²) in [6, 6.07) is -5.08. The molecule has 0 aliphatic rings. The maximum Gasteiger partial charge on any atom is 0.326 e. The summed E-state index contributed by atoms with van der Waals surface area (Å²) in [5.74, 6) is -5.64. The van der Waals surface area contributed by atoms with E-state index in [9.17, 15) is 38.7 Å². The molecule has 38 heavy (non-hydrogen) atoms. The minimum Gasteiger partial charge on any atom is -0.481 e. The molecule has 0 aromatic rings. The highest BCUT2D eigenvalue weighted by atomic mass is 32.2. The molecule has 0 heterocycles. The summed E-state index contributed by atoms with van der Waals surface area (Å²) in [4.78, 5) is 83.4. The van der Waals surface area contributed by atoms with E-state index in [0.29, 0.717) is 11.5 Å². The van der Waals surface area contributed by atoms with Crippen LogP contribution < -0.4 is 32.7 Å². The third-order valence-corrected chi connectivity index (χ3v) is 6.24. The van der Waals surface area contributed by atoms with Crippen molar-refractivity contribution < 1.29 is 43.8 Å². The Balaban J connectivity index is 5.34. The smallest absolute Gasteiger partial charge is 0.326 e. The van der Waals surface area contributed by atoms with Crippen molar-refractivity contribution in [3.63, 3.8) is 0 Å². The minimum atomic E-state index is -1.46. The molecule has 0 saturated carbocycles. The Labute approximate surface area is 228 Å². The van der Waals surface area contributed by atoms with E-state index in [-0.39, 0.29) is 25.7 Å². The first-order valence-electron chi connectivity index (χ1n) is 11.5. The van der Waals surface area contributed by atoms with E-state index in [2.05, 4.69) is 21.3 Å². The number of primary amides is 1. The number of amides is 5. The molecule has 0 unspecified atom stereocenters. The van der Waals surface area contributed by atoms with Crippen LogP contribution in [0.15, 0.2) is 0 Å². The lowest BCUT2D eigenvalue weighted by Gasteiger charge is -2.24. The van der Waals surface area contributed by atoms with Gasteiger partial charge in [-0.1, -0.05) is 0 Å². The van der Waals surface area contributed by atoms with Gasteiger partial charge in [-0.2, -0.15) is 23.5 Å². The molecule has 0 spiro atoms. The van der Waals surface area contributed by atoms with Crippen molar-refractivity contribution >= 4 is 65.0 Å². The molecule has 0 radical (unpaired) electrons. The van der Waals surface area contributed by atoms with Gasteiger partial charge in [0.15, 0.2) is 0 Å². The fraction of sp³-hybridized carbons (Fsp3) is 0.667. The standard InChI is InChI=1S/C21H36N6O9S2/c1-37-7-5-13(19(33)24-10-16(29)25-14(21(35)36)6-8-38-2)27-20(34)12(3-4-15(23)28)26-18(32)11(22)9-17(30)31/h11-14H,3-10,22H2,1-2H3,(H2,23,28)(H,24,33)(H,25,29)(H,26,32)(H,27,34)(H,30,31)(H,35,36)/t11-,12-,13-,14-/m0/s1. The average molecular weight is 581 g/mol. The number of carbonyl (C=O) groups is 7. The first-order chi connectivity index (χ1) is 17.8. The van der Waals surface area contributed by atoms with E-state index in [1.807, 2.05) is 0 Å². The molecule has 5 amide bonds. The monoisotopic (exact) mass is 580 g/mol. The second kappa shape index (κ2) is 19.1. The molecule has 0 aromatic carbocycles. The maximum atomic E-state index is 12.9. The molecule has 0 aromatic heterocycles. The van der Waals surface area contributed by atoms with Crippen molar-refractivity contribution in [3.8, 4) is 0 Å². The summed E-state index contributed by atoms with van der Waals surface area (Å²) in [7, 11) is 0. The Morgan fingerprint density at radius 2 is 1.29 bits per heavy atom. The fourth-order valence-electron chi connectivity index (χ4n) is 2.92. The summed E-state index contributed by atoms with van der Waals surface area (Å²) in [5.41, 5.74) is 10.7. The highest BCUT2D eigenvalue weighted by molar-refractivity contribution is 7.98. The number of carboxylic acid groups (broad SMARTS) is 2. The van der Waals surface area contributed by atoms with Gasteiger partial charge in [0.1, 0.15) is 18.1 Å². The highest BCUT2D eigenvalue weighted by Gasteiger charge is 2.29. The topological polar surface area (TPSA) is 260 Å². The third kappa shape index (κ3) is 15.3. The zero-order valence-corrected chi connectivity index (χ0v) is 22.8. The Kier molecular flexibility index (Phi) is 17.6. The Bertz CT molecular complexity index is 861. The van der Waals surface area contributed by atoms with Crippen molar-refractivity contribution in [2.75, 3.05) is 30.6 Å². The van der Waals surface area contributed by atoms with Gasteiger partial charge in [-0.3, -0.25) is 28.8 Å². The normalized spacial score (nSPS) is 13.8. The van der Waals surface area contributed by atoms with Gasteiger partial charge in [-0.25, -0.2) is 4.79 Å². The van der Waals surface area contributed by atoms with Gasteiger partial charge in [-0.05, 0) is 43.3 Å². The number of aliphatic carboxylic acids is 2. The van der Waals surface area contributed by atoms with Crippen LogP contribution >= 0.6 is 23.5 Å². The lowest BCUT2D eigenvalue weighted by atomic mass is 10.1. The van der Waals surface area contributed by atoms with Gasteiger partial charge in [0.25, 0.3) is 0 Å². The highest BCUT2D eigenvalue weighted by Crippen LogP contribution is 2.05. The molecule has 0 rings (SSSR count). The van der Waals surface area contributed by atoms with E-state index in [1.54, 1.807) is 12.5 Å². The predicted octanol–water partition coefficient (Wildman–Crippen LogP) is -2.78. The van der Waals surface area contributed by atoms with Gasteiger partial charge in [-0.15, -0.1) is 0 Å². The first kappa shape index (κ1) is 35.0. The van der Waals surface area contributed by atoms with Crippen LogP contribution in [0.4, 0.5) is 0 Å². The van der Waals surface area contributed by atoms with E-state index in [4.69, 9.17) is 16.6 Å². The molecule has 4 atom stereocenters. The van der Waals surface area contributed by atoms with E-state index < -0.39 is 78.6 Å². The second-order valence-electron chi connectivity index (χ2n) is 8.07. The van der Waals surface area contributed by atoms with Crippen molar-refractivity contribution in [1.29, 1.82) is 0 Å². The van der Waals surface area contributed by atoms with Gasteiger partial charge < -0.3 is 42.9 Å². The van der Waals surface area contributed by atoms with Gasteiger partial charge in [0.05, 0.1) is 19.0 Å². The molecule has 0 fully saturated rings. The van der Waals surface area contributed by atoms with E-state index >= 15 is 0 Å². The van der Waals surface area contributed by atoms with Crippen molar-refractivity contribution in [1.82, 2.24) is 21.3 Å². The quantitative estimate of drug-likeness (QED) is 0.0727. The van der Waals surface area contributed by atoms with Crippen LogP contribution in [-0.4, -0.2) is 106 Å². The second-order valence-corrected chi connectivity index (χ2v) is 10.0. The molecular formula is C21H36N6O9S2. The first-order valence-corrected chi connectivity index (χ1v) is 14.2. The van der Waals surface area contributed by atoms with Crippen LogP contribution in [0.1, 0.15) is 32.1 Å². The molecule has 216 valence electrons. The van der Waals surface area contributed by atoms with Crippen LogP contribution in [0.5, 0.6) is 0 Å². The number of rotatable bonds is 20. The summed E-state index contributed by atoms with van der Waals surface area (Å²) in [5, 5.41) is 27.4. The van der Waals surface area contributed by atoms with E-state index in [0.717, 1.165) is 0 Å². The summed E-state index contributed by atoms with van der Waals surface area (Å²) in [6.45, 7) is -0.542. The van der Waals surface area contributed by atoms with Crippen LogP contribution in [0, 0.1) is 0 Å². The van der Waals surface area contributed by atoms with Crippen LogP contribution in [0.25, 0.3) is 0 Å². The van der Waals surface area contributed by atoms with Gasteiger partial charge in [0, 0.05) is 6.42 Å². The molecule has 0 bridgehead atoms. The van der Waals surface area contributed by atoms with Gasteiger partial charge in [0.2, 0.25) is 29.5 Å². The number of nitrogens with two attached hydrogens (primary N) is 2. The number of hydrogen-bond donors (Lipinski definition) is 8. The minimum absolute atomic E-state index is 0.140. The number of hydrogen-bond acceptors (Lipinski definition) is 10. The lowest BCUT2D eigenvalue weighted by molar-refractivity contribution is -0.142. The maximum absolute atomic E-state index is 12.9. The number of carboxylic acids is 2. The van der Waals surface area contributed by atoms with Crippen LogP contribution in [0.2, 0.25) is 0 Å². The molecule has 15 nitrogen and oxygen atoms in total. The fourth-order valence-corrected chi connectivity index (χ4v) is 3.86. The zero-order chi connectivity index (χ0) is 29.3. The molecule has 0 aliphatic carbocycles. The Morgan fingerprint density at radius 3 is 1.79 bits per heavy atom. The van der Waals surface area contributed by atoms with E-state index in [1.165, 1.54) is 23.5 Å². The number of thioether (sulfide) groups is 2. The summed E-state index contributed by atoms with van der Waals surface area (Å²) >= 11 is 2.79. The van der Waals surface area contributed by atoms with Crippen molar-refractivity contribution in [2.45, 2.75) is 56.3 Å². The third-order valence-electron chi connectivity index (χ3n) is 4.95. The molecular weight excluding hydrogens is 544 g/mol. The van der Waals surface area contributed by atoms with Gasteiger partial charge >= 0.3 is 11.9 Å². The summed E-state index contributed by atoms with van der Waals surface area (Å²) < 4.78 is 0. The van der Waals surface area contributed by atoms with Crippen LogP contribution in [0.3, 0.4) is 0 Å². The summed E-state index contributed by atoms with van der Waals surface area (Å²) in [6.07, 6.45) is 2.66. The Morgan fingerprint density at radius 1 is 0.763 bits per heavy atom. The lowest BCUT2D eigenvalue weighted by Crippen LogP contribution is -2.56. The molecule has 0 aliphatic heterocycles. The van der Waals surface area contributed by atoms with Crippen molar-refractivity contribution in [3.05, 3.63) is 0 Å². The molecule has 0 saturated heterocycles. The number of carbonyl (C=O) groups excluding carboxylic acids is 5. The number of nitrogens with one attached hydrogen (secondary N) is 4. The zero-order valence-electron chi connectivity index (χ0n) is 21.2.